The fourth-order valence-electron chi connectivity index (χ4n) is 3.51. The van der Waals surface area contributed by atoms with E-state index in [9.17, 15) is 24.0 Å². The monoisotopic (exact) mass is 576 g/mol. The Morgan fingerprint density at radius 3 is 2.59 bits per heavy atom. The molecule has 0 fully saturated rings. The molecule has 1 aromatic heterocycles. The van der Waals surface area contributed by atoms with Gasteiger partial charge in [-0.25, -0.2) is 9.78 Å². The van der Waals surface area contributed by atoms with Gasteiger partial charge in [0.15, 0.2) is 5.12 Å². The molecule has 3 amide bonds. The summed E-state index contributed by atoms with van der Waals surface area (Å²) in [5, 5.41) is 8.02. The van der Waals surface area contributed by atoms with E-state index in [0.717, 1.165) is 0 Å². The van der Waals surface area contributed by atoms with E-state index < -0.39 is 29.9 Å². The van der Waals surface area contributed by atoms with Gasteiger partial charge in [0.1, 0.15) is 23.5 Å². The van der Waals surface area contributed by atoms with Crippen molar-refractivity contribution in [3.8, 4) is 0 Å². The van der Waals surface area contributed by atoms with Crippen molar-refractivity contribution in [3.63, 3.8) is 0 Å². The number of carbonyl (C=O) groups excluding carboxylic acids is 5. The maximum Gasteiger partial charge on any atom is 0.329 e. The first-order valence-corrected chi connectivity index (χ1v) is 14.7. The number of fused-ring (bicyclic) bond motifs is 2. The summed E-state index contributed by atoms with van der Waals surface area (Å²) < 4.78 is 5.65. The van der Waals surface area contributed by atoms with Gasteiger partial charge in [-0.1, -0.05) is 44.7 Å². The Labute approximate surface area is 237 Å². The highest BCUT2D eigenvalue weighted by Gasteiger charge is 2.30. The van der Waals surface area contributed by atoms with E-state index in [-0.39, 0.29) is 41.3 Å². The van der Waals surface area contributed by atoms with Crippen LogP contribution in [0.5, 0.6) is 0 Å². The van der Waals surface area contributed by atoms with Gasteiger partial charge in [-0.3, -0.25) is 19.2 Å². The van der Waals surface area contributed by atoms with Crippen LogP contribution in [0.2, 0.25) is 0 Å². The molecular formula is C27H36N4O6S2. The van der Waals surface area contributed by atoms with Crippen LogP contribution in [0.4, 0.5) is 0 Å². The van der Waals surface area contributed by atoms with Crippen LogP contribution in [-0.2, 0) is 30.5 Å². The van der Waals surface area contributed by atoms with Crippen molar-refractivity contribution in [1.82, 2.24) is 20.9 Å². The predicted octanol–water partition coefficient (Wildman–Crippen LogP) is 3.13. The summed E-state index contributed by atoms with van der Waals surface area (Å²) in [6.45, 7) is 8.59. The Bertz CT molecular complexity index is 1140. The van der Waals surface area contributed by atoms with Gasteiger partial charge in [0.05, 0.1) is 18.7 Å². The Morgan fingerprint density at radius 2 is 1.95 bits per heavy atom. The topological polar surface area (TPSA) is 144 Å². The minimum absolute atomic E-state index is 0.00389. The number of esters is 1. The van der Waals surface area contributed by atoms with Gasteiger partial charge in [-0.15, -0.1) is 11.8 Å². The number of thioether (sulfide) groups is 2. The molecule has 10 nitrogen and oxygen atoms in total. The SMILES string of the molecule is C/C=C1\NC(=O)c2nc(ccc2SCC)CNC(=O)C[C@@H](/C=C/CCSC(C)=O)OC(=O)[C@H](C(C)C)NC1=O. The lowest BCUT2D eigenvalue weighted by Gasteiger charge is -2.24. The summed E-state index contributed by atoms with van der Waals surface area (Å²) in [6, 6.07) is 2.45. The van der Waals surface area contributed by atoms with Gasteiger partial charge in [0, 0.05) is 17.6 Å². The number of cyclic esters (lactones) is 1. The number of allylic oxidation sites excluding steroid dienone is 2. The van der Waals surface area contributed by atoms with Crippen LogP contribution in [0.25, 0.3) is 0 Å². The largest absolute Gasteiger partial charge is 0.456 e. The summed E-state index contributed by atoms with van der Waals surface area (Å²) in [7, 11) is 0. The summed E-state index contributed by atoms with van der Waals surface area (Å²) in [6.07, 6.45) is 4.32. The van der Waals surface area contributed by atoms with Crippen LogP contribution < -0.4 is 16.0 Å². The number of nitrogens with zero attached hydrogens (tertiary/aromatic N) is 1. The van der Waals surface area contributed by atoms with Gasteiger partial charge < -0.3 is 20.7 Å². The Morgan fingerprint density at radius 1 is 1.21 bits per heavy atom. The number of ether oxygens (including phenoxy) is 1. The molecule has 0 aliphatic carbocycles. The van der Waals surface area contributed by atoms with Gasteiger partial charge in [-0.05, 0) is 43.2 Å². The van der Waals surface area contributed by atoms with Crippen LogP contribution in [0.1, 0.15) is 63.6 Å². The van der Waals surface area contributed by atoms with E-state index >= 15 is 0 Å². The first-order valence-electron chi connectivity index (χ1n) is 12.7. The smallest absolute Gasteiger partial charge is 0.329 e. The second-order valence-electron chi connectivity index (χ2n) is 8.95. The molecule has 0 spiro atoms. The van der Waals surface area contributed by atoms with Gasteiger partial charge >= 0.3 is 5.97 Å². The third-order valence-corrected chi connectivity index (χ3v) is 7.26. The standard InChI is InChI=1S/C27H36N4O6S2/c1-6-20-25(34)31-23(16(3)4)27(36)37-19(10-8-9-13-39-17(5)32)14-22(33)28-15-18-11-12-21(38-7-2)24(29-18)26(35)30-20/h6,8,10-12,16,19,23H,7,9,13-15H2,1-5H3,(H,28,33)(H,30,35)(H,31,34)/b10-8+,20-6-/t19-,23+/m1/s1. The van der Waals surface area contributed by atoms with Crippen molar-refractivity contribution in [2.45, 2.75) is 71.0 Å². The molecular weight excluding hydrogens is 540 g/mol. The third-order valence-electron chi connectivity index (χ3n) is 5.48. The molecule has 0 unspecified atom stereocenters. The average Bonchev–Trinajstić information content (AvgIpc) is 2.88. The van der Waals surface area contributed by atoms with E-state index in [1.807, 2.05) is 6.92 Å². The fourth-order valence-corrected chi connectivity index (χ4v) is 4.80. The van der Waals surface area contributed by atoms with Gasteiger partial charge in [0.25, 0.3) is 11.8 Å². The molecule has 0 saturated carbocycles. The Hall–Kier alpha value is -3.12. The molecule has 212 valence electrons. The maximum atomic E-state index is 13.1. The van der Waals surface area contributed by atoms with Gasteiger partial charge in [-0.2, -0.15) is 0 Å². The van der Waals surface area contributed by atoms with E-state index in [2.05, 4.69) is 20.9 Å². The number of carbonyl (C=O) groups is 5. The van der Waals surface area contributed by atoms with Crippen LogP contribution in [0, 0.1) is 5.92 Å². The molecule has 3 N–H and O–H groups in total. The van der Waals surface area contributed by atoms with Crippen LogP contribution in [0.3, 0.4) is 0 Å². The summed E-state index contributed by atoms with van der Waals surface area (Å²) >= 11 is 2.61. The number of hydrogen-bond acceptors (Lipinski definition) is 9. The highest BCUT2D eigenvalue weighted by molar-refractivity contribution is 8.13. The van der Waals surface area contributed by atoms with Crippen molar-refractivity contribution in [1.29, 1.82) is 0 Å². The zero-order valence-corrected chi connectivity index (χ0v) is 24.5. The summed E-state index contributed by atoms with van der Waals surface area (Å²) in [4.78, 5) is 68.4. The van der Waals surface area contributed by atoms with Crippen molar-refractivity contribution in [3.05, 3.63) is 47.4 Å². The third kappa shape index (κ3) is 10.5. The Kier molecular flexibility index (Phi) is 13.2. The van der Waals surface area contributed by atoms with Crippen LogP contribution >= 0.6 is 23.5 Å². The predicted molar refractivity (Wildman–Crippen MR) is 152 cm³/mol. The molecule has 1 aliphatic heterocycles. The minimum atomic E-state index is -1.03. The number of aromatic nitrogens is 1. The van der Waals surface area contributed by atoms with Crippen molar-refractivity contribution >= 4 is 52.3 Å². The number of hydrogen-bond donors (Lipinski definition) is 3. The van der Waals surface area contributed by atoms with Crippen molar-refractivity contribution in [2.75, 3.05) is 11.5 Å². The molecule has 2 rings (SSSR count). The lowest BCUT2D eigenvalue weighted by atomic mass is 10.0. The molecule has 0 radical (unpaired) electrons. The van der Waals surface area contributed by atoms with E-state index in [4.69, 9.17) is 4.74 Å². The maximum absolute atomic E-state index is 13.1. The first-order chi connectivity index (χ1) is 18.5. The molecule has 12 heteroatoms. The minimum Gasteiger partial charge on any atom is -0.456 e. The molecule has 2 atom stereocenters. The molecule has 2 bridgehead atoms. The Balaban J connectivity index is 2.41. The zero-order chi connectivity index (χ0) is 28.9. The molecule has 39 heavy (non-hydrogen) atoms. The fraction of sp³-hybridized carbons (Fsp3) is 0.481. The number of amides is 3. The van der Waals surface area contributed by atoms with Gasteiger partial charge in [0.2, 0.25) is 5.91 Å². The molecule has 1 aromatic rings. The number of nitrogens with one attached hydrogen (secondary N) is 3. The number of rotatable bonds is 7. The first kappa shape index (κ1) is 32.1. The molecule has 0 aromatic carbocycles. The quantitative estimate of drug-likeness (QED) is 0.147. The normalized spacial score (nSPS) is 20.5. The molecule has 2 heterocycles. The summed E-state index contributed by atoms with van der Waals surface area (Å²) in [5.41, 5.74) is 0.563. The summed E-state index contributed by atoms with van der Waals surface area (Å²) in [5.74, 6) is -1.40. The second kappa shape index (κ2) is 16.1. The van der Waals surface area contributed by atoms with Crippen molar-refractivity contribution in [2.24, 2.45) is 5.92 Å². The lowest BCUT2D eigenvalue weighted by Crippen LogP contribution is -2.48. The highest BCUT2D eigenvalue weighted by atomic mass is 32.2. The highest BCUT2D eigenvalue weighted by Crippen LogP contribution is 2.22. The lowest BCUT2D eigenvalue weighted by molar-refractivity contribution is -0.153. The molecule has 0 saturated heterocycles. The van der Waals surface area contributed by atoms with E-state index in [1.165, 1.54) is 36.5 Å². The second-order valence-corrected chi connectivity index (χ2v) is 11.5. The van der Waals surface area contributed by atoms with Crippen molar-refractivity contribution < 1.29 is 28.7 Å². The van der Waals surface area contributed by atoms with Crippen LogP contribution in [-0.4, -0.2) is 57.4 Å². The van der Waals surface area contributed by atoms with E-state index in [1.54, 1.807) is 45.1 Å². The average molecular weight is 577 g/mol. The van der Waals surface area contributed by atoms with E-state index in [0.29, 0.717) is 28.5 Å². The molecule has 1 aliphatic rings. The number of pyridine rings is 1. The zero-order valence-electron chi connectivity index (χ0n) is 22.9. The van der Waals surface area contributed by atoms with Crippen LogP contribution in [0.15, 0.2) is 41.0 Å².